The standard InChI is InChI=1S/C19H28O5/c1-19(2,11-22-17(20)13-6-4-3-5-7-13)12-23-18(21)14-8-9-15-16(10-14)24-15/h3-4,13-16H,5-12H2,1-2H3. The van der Waals surface area contributed by atoms with Crippen LogP contribution in [0.4, 0.5) is 0 Å². The maximum absolute atomic E-state index is 12.2. The average molecular weight is 336 g/mol. The molecule has 5 heteroatoms. The minimum Gasteiger partial charge on any atom is -0.465 e. The van der Waals surface area contributed by atoms with Crippen molar-refractivity contribution in [3.05, 3.63) is 12.2 Å². The Kier molecular flexibility index (Phi) is 5.28. The second kappa shape index (κ2) is 7.26. The van der Waals surface area contributed by atoms with Crippen molar-refractivity contribution in [2.45, 2.75) is 64.6 Å². The quantitative estimate of drug-likeness (QED) is 0.424. The fourth-order valence-corrected chi connectivity index (χ4v) is 3.44. The first-order valence-electron chi connectivity index (χ1n) is 9.08. The number of allylic oxidation sites excluding steroid dienone is 2. The molecule has 134 valence electrons. The van der Waals surface area contributed by atoms with Crippen LogP contribution in [0.2, 0.25) is 0 Å². The lowest BCUT2D eigenvalue weighted by Crippen LogP contribution is -2.32. The molecule has 0 aromatic carbocycles. The van der Waals surface area contributed by atoms with Crippen LogP contribution in [0.25, 0.3) is 0 Å². The molecular formula is C19H28O5. The van der Waals surface area contributed by atoms with Gasteiger partial charge in [0.1, 0.15) is 0 Å². The molecule has 24 heavy (non-hydrogen) atoms. The summed E-state index contributed by atoms with van der Waals surface area (Å²) < 4.78 is 16.4. The van der Waals surface area contributed by atoms with E-state index in [-0.39, 0.29) is 48.5 Å². The first kappa shape index (κ1) is 17.5. The molecule has 1 heterocycles. The van der Waals surface area contributed by atoms with Gasteiger partial charge in [-0.1, -0.05) is 26.0 Å². The molecule has 0 amide bonds. The van der Waals surface area contributed by atoms with Gasteiger partial charge in [-0.2, -0.15) is 0 Å². The summed E-state index contributed by atoms with van der Waals surface area (Å²) in [6, 6.07) is 0. The van der Waals surface area contributed by atoms with Crippen molar-refractivity contribution in [1.82, 2.24) is 0 Å². The number of esters is 2. The highest BCUT2D eigenvalue weighted by Gasteiger charge is 2.46. The van der Waals surface area contributed by atoms with Crippen molar-refractivity contribution in [2.75, 3.05) is 13.2 Å². The van der Waals surface area contributed by atoms with Gasteiger partial charge in [-0.05, 0) is 38.5 Å². The summed E-state index contributed by atoms with van der Waals surface area (Å²) in [5.41, 5.74) is -0.372. The van der Waals surface area contributed by atoms with E-state index in [1.807, 2.05) is 19.9 Å². The van der Waals surface area contributed by atoms with Crippen molar-refractivity contribution in [3.63, 3.8) is 0 Å². The fraction of sp³-hybridized carbons (Fsp3) is 0.789. The first-order chi connectivity index (χ1) is 11.4. The van der Waals surface area contributed by atoms with Gasteiger partial charge in [0.25, 0.3) is 0 Å². The Morgan fingerprint density at radius 2 is 1.71 bits per heavy atom. The van der Waals surface area contributed by atoms with Gasteiger partial charge >= 0.3 is 11.9 Å². The van der Waals surface area contributed by atoms with E-state index in [0.29, 0.717) is 6.10 Å². The molecule has 4 atom stereocenters. The van der Waals surface area contributed by atoms with Crippen molar-refractivity contribution in [1.29, 1.82) is 0 Å². The molecule has 0 aromatic heterocycles. The Bertz CT molecular complexity index is 510. The van der Waals surface area contributed by atoms with E-state index in [1.165, 1.54) is 0 Å². The van der Waals surface area contributed by atoms with E-state index in [1.54, 1.807) is 0 Å². The van der Waals surface area contributed by atoms with Gasteiger partial charge in [0, 0.05) is 5.41 Å². The molecule has 0 spiro atoms. The Morgan fingerprint density at radius 1 is 1.00 bits per heavy atom. The van der Waals surface area contributed by atoms with Crippen molar-refractivity contribution in [2.24, 2.45) is 17.3 Å². The molecule has 2 fully saturated rings. The topological polar surface area (TPSA) is 65.1 Å². The summed E-state index contributed by atoms with van der Waals surface area (Å²) in [5, 5.41) is 0. The Hall–Kier alpha value is -1.36. The molecule has 4 unspecified atom stereocenters. The number of epoxide rings is 1. The number of carbonyl (C=O) groups is 2. The number of hydrogen-bond acceptors (Lipinski definition) is 5. The molecule has 1 saturated heterocycles. The summed E-state index contributed by atoms with van der Waals surface area (Å²) in [6.07, 6.45) is 9.97. The zero-order valence-electron chi connectivity index (χ0n) is 14.7. The van der Waals surface area contributed by atoms with Gasteiger partial charge in [0.2, 0.25) is 0 Å². The third kappa shape index (κ3) is 4.59. The van der Waals surface area contributed by atoms with Gasteiger partial charge in [0.05, 0.1) is 37.3 Å². The van der Waals surface area contributed by atoms with Crippen LogP contribution in [0.3, 0.4) is 0 Å². The minimum absolute atomic E-state index is 0.0259. The normalized spacial score (nSPS) is 31.9. The maximum Gasteiger partial charge on any atom is 0.309 e. The summed E-state index contributed by atoms with van der Waals surface area (Å²) in [5.74, 6) is -0.341. The molecule has 3 aliphatic rings. The smallest absolute Gasteiger partial charge is 0.309 e. The zero-order valence-corrected chi connectivity index (χ0v) is 14.7. The number of carbonyl (C=O) groups excluding carboxylic acids is 2. The van der Waals surface area contributed by atoms with Gasteiger partial charge in [-0.25, -0.2) is 0 Å². The van der Waals surface area contributed by atoms with E-state index >= 15 is 0 Å². The summed E-state index contributed by atoms with van der Waals surface area (Å²) in [6.45, 7) is 4.46. The van der Waals surface area contributed by atoms with Crippen LogP contribution in [-0.4, -0.2) is 37.4 Å². The van der Waals surface area contributed by atoms with Crippen molar-refractivity contribution >= 4 is 11.9 Å². The zero-order chi connectivity index (χ0) is 17.2. The van der Waals surface area contributed by atoms with Gasteiger partial charge < -0.3 is 14.2 Å². The molecule has 0 N–H and O–H groups in total. The van der Waals surface area contributed by atoms with Crippen LogP contribution >= 0.6 is 0 Å². The molecule has 1 saturated carbocycles. The van der Waals surface area contributed by atoms with E-state index < -0.39 is 0 Å². The highest BCUT2D eigenvalue weighted by molar-refractivity contribution is 5.73. The first-order valence-corrected chi connectivity index (χ1v) is 9.08. The second-order valence-electron chi connectivity index (χ2n) is 8.08. The van der Waals surface area contributed by atoms with Gasteiger partial charge in [-0.3, -0.25) is 9.59 Å². The molecule has 0 bridgehead atoms. The Labute approximate surface area is 143 Å². The minimum atomic E-state index is -0.372. The van der Waals surface area contributed by atoms with Crippen molar-refractivity contribution < 1.29 is 23.8 Å². The van der Waals surface area contributed by atoms with E-state index in [9.17, 15) is 9.59 Å². The molecule has 3 rings (SSSR count). The van der Waals surface area contributed by atoms with Crippen LogP contribution in [0, 0.1) is 17.3 Å². The van der Waals surface area contributed by atoms with Crippen LogP contribution in [0.15, 0.2) is 12.2 Å². The second-order valence-corrected chi connectivity index (χ2v) is 8.08. The average Bonchev–Trinajstić information content (AvgIpc) is 3.37. The van der Waals surface area contributed by atoms with Crippen LogP contribution < -0.4 is 0 Å². The molecule has 0 aromatic rings. The molecule has 5 nitrogen and oxygen atoms in total. The van der Waals surface area contributed by atoms with Crippen LogP contribution in [0.5, 0.6) is 0 Å². The maximum atomic E-state index is 12.2. The van der Waals surface area contributed by atoms with Crippen molar-refractivity contribution in [3.8, 4) is 0 Å². The number of hydrogen-bond donors (Lipinski definition) is 0. The van der Waals surface area contributed by atoms with E-state index in [0.717, 1.165) is 38.5 Å². The van der Waals surface area contributed by atoms with Gasteiger partial charge in [0.15, 0.2) is 0 Å². The SMILES string of the molecule is CC(C)(COC(=O)C1CC=CCC1)COC(=O)C1CCC2OC2C1. The summed E-state index contributed by atoms with van der Waals surface area (Å²) >= 11 is 0. The lowest BCUT2D eigenvalue weighted by atomic mass is 9.89. The Morgan fingerprint density at radius 3 is 2.33 bits per heavy atom. The number of ether oxygens (including phenoxy) is 3. The van der Waals surface area contributed by atoms with Gasteiger partial charge in [-0.15, -0.1) is 0 Å². The monoisotopic (exact) mass is 336 g/mol. The highest BCUT2D eigenvalue weighted by Crippen LogP contribution is 2.40. The molecule has 0 radical (unpaired) electrons. The fourth-order valence-electron chi connectivity index (χ4n) is 3.44. The summed E-state index contributed by atoms with van der Waals surface area (Å²) in [4.78, 5) is 24.3. The largest absolute Gasteiger partial charge is 0.465 e. The third-order valence-corrected chi connectivity index (χ3v) is 5.15. The number of fused-ring (bicyclic) bond motifs is 1. The predicted octanol–water partition coefficient (Wildman–Crippen LogP) is 3.02. The summed E-state index contributed by atoms with van der Waals surface area (Å²) in [7, 11) is 0. The predicted molar refractivity (Wildman–Crippen MR) is 88.2 cm³/mol. The molecular weight excluding hydrogens is 308 g/mol. The highest BCUT2D eigenvalue weighted by atomic mass is 16.6. The lowest BCUT2D eigenvalue weighted by molar-refractivity contribution is -0.158. The molecule has 2 aliphatic carbocycles. The van der Waals surface area contributed by atoms with Crippen LogP contribution in [-0.2, 0) is 23.8 Å². The lowest BCUT2D eigenvalue weighted by Gasteiger charge is -2.26. The Balaban J connectivity index is 1.37. The third-order valence-electron chi connectivity index (χ3n) is 5.15. The number of rotatable bonds is 6. The van der Waals surface area contributed by atoms with Crippen LogP contribution in [0.1, 0.15) is 52.4 Å². The van der Waals surface area contributed by atoms with E-state index in [2.05, 4.69) is 6.08 Å². The molecule has 1 aliphatic heterocycles. The van der Waals surface area contributed by atoms with E-state index in [4.69, 9.17) is 14.2 Å².